The van der Waals surface area contributed by atoms with Crippen LogP contribution < -0.4 is 14.8 Å². The van der Waals surface area contributed by atoms with Crippen molar-refractivity contribution in [3.63, 3.8) is 0 Å². The summed E-state index contributed by atoms with van der Waals surface area (Å²) in [6, 6.07) is 6.71. The average Bonchev–Trinajstić information content (AvgIpc) is 2.48. The second kappa shape index (κ2) is 6.38. The second-order valence-electron chi connectivity index (χ2n) is 3.88. The number of anilines is 1. The molecule has 0 radical (unpaired) electrons. The maximum atomic E-state index is 12.1. The number of hydrogen-bond acceptors (Lipinski definition) is 4. The monoisotopic (exact) mass is 336 g/mol. The minimum atomic E-state index is -0.234. The van der Waals surface area contributed by atoms with E-state index in [1.165, 1.54) is 7.11 Å². The highest BCUT2D eigenvalue weighted by molar-refractivity contribution is 9.10. The maximum Gasteiger partial charge on any atom is 0.255 e. The van der Waals surface area contributed by atoms with Gasteiger partial charge in [0.05, 0.1) is 24.4 Å². The second-order valence-corrected chi connectivity index (χ2v) is 4.73. The number of amides is 1. The lowest BCUT2D eigenvalue weighted by Crippen LogP contribution is -2.12. The number of aromatic nitrogens is 1. The molecule has 2 rings (SSSR count). The Hall–Kier alpha value is -2.08. The predicted octanol–water partition coefficient (Wildman–Crippen LogP) is 3.11. The summed E-state index contributed by atoms with van der Waals surface area (Å²) in [6.45, 7) is 0. The number of nitrogens with one attached hydrogen (secondary N) is 1. The first kappa shape index (κ1) is 14.3. The maximum absolute atomic E-state index is 12.1. The van der Waals surface area contributed by atoms with Crippen LogP contribution >= 0.6 is 15.9 Å². The number of methoxy groups -OCH3 is 2. The Balaban J connectivity index is 2.29. The first-order valence-corrected chi connectivity index (χ1v) is 6.58. The molecule has 0 fully saturated rings. The number of pyridine rings is 1. The summed E-state index contributed by atoms with van der Waals surface area (Å²) in [4.78, 5) is 16.0. The normalized spacial score (nSPS) is 9.95. The number of nitrogens with zero attached hydrogens (tertiary/aromatic N) is 1. The van der Waals surface area contributed by atoms with E-state index in [4.69, 9.17) is 9.47 Å². The molecule has 1 amide bonds. The molecule has 20 heavy (non-hydrogen) atoms. The van der Waals surface area contributed by atoms with Crippen LogP contribution in [-0.2, 0) is 0 Å². The fourth-order valence-electron chi connectivity index (χ4n) is 1.66. The van der Waals surface area contributed by atoms with Crippen LogP contribution in [-0.4, -0.2) is 25.1 Å². The number of rotatable bonds is 4. The van der Waals surface area contributed by atoms with Crippen LogP contribution in [0.3, 0.4) is 0 Å². The lowest BCUT2D eigenvalue weighted by molar-refractivity contribution is 0.102. The van der Waals surface area contributed by atoms with Gasteiger partial charge in [0.1, 0.15) is 11.5 Å². The quantitative estimate of drug-likeness (QED) is 0.931. The number of benzene rings is 1. The van der Waals surface area contributed by atoms with Crippen LogP contribution in [0.1, 0.15) is 10.4 Å². The van der Waals surface area contributed by atoms with Gasteiger partial charge in [-0.05, 0) is 34.1 Å². The molecule has 0 aliphatic heterocycles. The van der Waals surface area contributed by atoms with Crippen molar-refractivity contribution in [1.29, 1.82) is 0 Å². The van der Waals surface area contributed by atoms with E-state index in [0.29, 0.717) is 22.7 Å². The summed E-state index contributed by atoms with van der Waals surface area (Å²) in [5, 5.41) is 2.79. The van der Waals surface area contributed by atoms with Crippen LogP contribution in [0, 0.1) is 0 Å². The molecule has 1 heterocycles. The summed E-state index contributed by atoms with van der Waals surface area (Å²) in [7, 11) is 3.10. The Morgan fingerprint density at radius 2 is 1.80 bits per heavy atom. The molecular weight excluding hydrogens is 324 g/mol. The van der Waals surface area contributed by atoms with E-state index in [0.717, 1.165) is 4.47 Å². The fraction of sp³-hybridized carbons (Fsp3) is 0.143. The SMILES string of the molecule is COc1cc(OC)c(NC(=O)c2ccncc2)cc1Br. The van der Waals surface area contributed by atoms with E-state index < -0.39 is 0 Å². The third-order valence-corrected chi connectivity index (χ3v) is 3.28. The number of halogens is 1. The summed E-state index contributed by atoms with van der Waals surface area (Å²) in [6.07, 6.45) is 3.13. The smallest absolute Gasteiger partial charge is 0.255 e. The molecular formula is C14H13BrN2O3. The molecule has 1 N–H and O–H groups in total. The van der Waals surface area contributed by atoms with E-state index in [-0.39, 0.29) is 5.91 Å². The summed E-state index contributed by atoms with van der Waals surface area (Å²) in [5.74, 6) is 0.916. The Bertz CT molecular complexity index is 617. The van der Waals surface area contributed by atoms with Crippen molar-refractivity contribution >= 4 is 27.5 Å². The first-order valence-electron chi connectivity index (χ1n) is 5.78. The van der Waals surface area contributed by atoms with Crippen molar-refractivity contribution in [2.24, 2.45) is 0 Å². The highest BCUT2D eigenvalue weighted by atomic mass is 79.9. The zero-order valence-electron chi connectivity index (χ0n) is 11.0. The zero-order chi connectivity index (χ0) is 14.5. The average molecular weight is 337 g/mol. The molecule has 0 unspecified atom stereocenters. The molecule has 1 aromatic carbocycles. The van der Waals surface area contributed by atoms with Crippen molar-refractivity contribution < 1.29 is 14.3 Å². The molecule has 6 heteroatoms. The Morgan fingerprint density at radius 1 is 1.15 bits per heavy atom. The Labute approximate surface area is 125 Å². The molecule has 0 atom stereocenters. The fourth-order valence-corrected chi connectivity index (χ4v) is 2.16. The number of carbonyl (C=O) groups excluding carboxylic acids is 1. The van der Waals surface area contributed by atoms with Crippen molar-refractivity contribution in [1.82, 2.24) is 4.98 Å². The van der Waals surface area contributed by atoms with E-state index in [2.05, 4.69) is 26.2 Å². The largest absolute Gasteiger partial charge is 0.495 e. The van der Waals surface area contributed by atoms with Crippen LogP contribution in [0.25, 0.3) is 0 Å². The van der Waals surface area contributed by atoms with Crippen LogP contribution in [0.5, 0.6) is 11.5 Å². The standard InChI is InChI=1S/C14H13BrN2O3/c1-19-12-8-13(20-2)11(7-10(12)15)17-14(18)9-3-5-16-6-4-9/h3-8H,1-2H3,(H,17,18). The summed E-state index contributed by atoms with van der Waals surface area (Å²) in [5.41, 5.74) is 1.08. The number of ether oxygens (including phenoxy) is 2. The van der Waals surface area contributed by atoms with Crippen molar-refractivity contribution in [3.05, 3.63) is 46.7 Å². The first-order chi connectivity index (χ1) is 9.65. The van der Waals surface area contributed by atoms with Gasteiger partial charge in [0.25, 0.3) is 5.91 Å². The third-order valence-electron chi connectivity index (χ3n) is 2.66. The molecule has 2 aromatic rings. The molecule has 5 nitrogen and oxygen atoms in total. The Kier molecular flexibility index (Phi) is 4.57. The Morgan fingerprint density at radius 3 is 2.40 bits per heavy atom. The zero-order valence-corrected chi connectivity index (χ0v) is 12.6. The van der Waals surface area contributed by atoms with Gasteiger partial charge in [-0.15, -0.1) is 0 Å². The minimum absolute atomic E-state index is 0.234. The van der Waals surface area contributed by atoms with E-state index >= 15 is 0 Å². The van der Waals surface area contributed by atoms with E-state index in [1.807, 2.05) is 0 Å². The van der Waals surface area contributed by atoms with Crippen molar-refractivity contribution in [3.8, 4) is 11.5 Å². The van der Waals surface area contributed by atoms with Crippen LogP contribution in [0.15, 0.2) is 41.1 Å². The van der Waals surface area contributed by atoms with Crippen molar-refractivity contribution in [2.45, 2.75) is 0 Å². The molecule has 0 saturated heterocycles. The van der Waals surface area contributed by atoms with Gasteiger partial charge >= 0.3 is 0 Å². The van der Waals surface area contributed by atoms with Crippen LogP contribution in [0.2, 0.25) is 0 Å². The van der Waals surface area contributed by atoms with Gasteiger partial charge < -0.3 is 14.8 Å². The van der Waals surface area contributed by atoms with Crippen molar-refractivity contribution in [2.75, 3.05) is 19.5 Å². The third kappa shape index (κ3) is 3.08. The van der Waals surface area contributed by atoms with Gasteiger partial charge in [-0.3, -0.25) is 9.78 Å². The predicted molar refractivity (Wildman–Crippen MR) is 79.4 cm³/mol. The molecule has 0 aliphatic rings. The molecule has 0 aliphatic carbocycles. The molecule has 0 spiro atoms. The van der Waals surface area contributed by atoms with Crippen LogP contribution in [0.4, 0.5) is 5.69 Å². The lowest BCUT2D eigenvalue weighted by Gasteiger charge is -2.13. The molecule has 0 saturated carbocycles. The highest BCUT2D eigenvalue weighted by Gasteiger charge is 2.13. The van der Waals surface area contributed by atoms with Gasteiger partial charge in [0, 0.05) is 24.0 Å². The van der Waals surface area contributed by atoms with E-state index in [1.54, 1.807) is 43.8 Å². The van der Waals surface area contributed by atoms with Gasteiger partial charge in [0.2, 0.25) is 0 Å². The number of hydrogen-bond donors (Lipinski definition) is 1. The summed E-state index contributed by atoms with van der Waals surface area (Å²) >= 11 is 3.37. The van der Waals surface area contributed by atoms with E-state index in [9.17, 15) is 4.79 Å². The minimum Gasteiger partial charge on any atom is -0.495 e. The topological polar surface area (TPSA) is 60.5 Å². The van der Waals surface area contributed by atoms with Gasteiger partial charge in [0.15, 0.2) is 0 Å². The molecule has 104 valence electrons. The summed E-state index contributed by atoms with van der Waals surface area (Å²) < 4.78 is 11.2. The molecule has 1 aromatic heterocycles. The molecule has 0 bridgehead atoms. The van der Waals surface area contributed by atoms with Gasteiger partial charge in [-0.2, -0.15) is 0 Å². The van der Waals surface area contributed by atoms with Gasteiger partial charge in [-0.1, -0.05) is 0 Å². The van der Waals surface area contributed by atoms with Gasteiger partial charge in [-0.25, -0.2) is 0 Å². The highest BCUT2D eigenvalue weighted by Crippen LogP contribution is 2.36. The number of carbonyl (C=O) groups is 1. The lowest BCUT2D eigenvalue weighted by atomic mass is 10.2.